The molecule has 0 unspecified atom stereocenters. The summed E-state index contributed by atoms with van der Waals surface area (Å²) in [5, 5.41) is 11.1. The van der Waals surface area contributed by atoms with Crippen LogP contribution in [-0.4, -0.2) is 15.7 Å². The van der Waals surface area contributed by atoms with E-state index >= 15 is 0 Å². The molecule has 0 saturated carbocycles. The molecule has 7 heteroatoms. The molecule has 1 aromatic heterocycles. The van der Waals surface area contributed by atoms with Crippen LogP contribution in [0.2, 0.25) is 5.02 Å². The van der Waals surface area contributed by atoms with Gasteiger partial charge in [-0.3, -0.25) is 15.1 Å². The van der Waals surface area contributed by atoms with E-state index in [0.717, 1.165) is 27.1 Å². The van der Waals surface area contributed by atoms with Crippen molar-refractivity contribution in [2.45, 2.75) is 13.8 Å². The highest BCUT2D eigenvalue weighted by Crippen LogP contribution is 2.29. The standard InChI is InChI=1S/C19H15BrClN3O2/c1-12-9-14(13(2)23(12)17-6-3-15(20)4-7-17)11-22-16-5-8-18(21)19(10-16)24(25)26/h3-11H,1-2H3. The molecule has 0 fully saturated rings. The molecule has 0 aliphatic carbocycles. The molecule has 0 saturated heterocycles. The second-order valence-corrected chi connectivity index (χ2v) is 7.11. The molecule has 132 valence electrons. The highest BCUT2D eigenvalue weighted by atomic mass is 79.9. The fourth-order valence-electron chi connectivity index (χ4n) is 2.77. The van der Waals surface area contributed by atoms with Gasteiger partial charge < -0.3 is 4.57 Å². The number of aliphatic imine (C=N–C) groups is 1. The van der Waals surface area contributed by atoms with Gasteiger partial charge in [0.1, 0.15) is 5.02 Å². The van der Waals surface area contributed by atoms with Gasteiger partial charge in [0.15, 0.2) is 0 Å². The van der Waals surface area contributed by atoms with Crippen LogP contribution in [0.5, 0.6) is 0 Å². The number of nitro benzene ring substituents is 1. The summed E-state index contributed by atoms with van der Waals surface area (Å²) in [4.78, 5) is 14.9. The molecule has 0 amide bonds. The lowest BCUT2D eigenvalue weighted by atomic mass is 10.2. The van der Waals surface area contributed by atoms with Crippen molar-refractivity contribution in [3.8, 4) is 5.69 Å². The first-order valence-corrected chi connectivity index (χ1v) is 8.97. The van der Waals surface area contributed by atoms with Gasteiger partial charge in [-0.05, 0) is 56.3 Å². The number of nitro groups is 1. The minimum absolute atomic E-state index is 0.0994. The number of hydrogen-bond acceptors (Lipinski definition) is 3. The summed E-state index contributed by atoms with van der Waals surface area (Å²) in [5.41, 5.74) is 4.45. The Morgan fingerprint density at radius 1 is 1.15 bits per heavy atom. The Balaban J connectivity index is 1.95. The van der Waals surface area contributed by atoms with Crippen LogP contribution in [0, 0.1) is 24.0 Å². The molecular formula is C19H15BrClN3O2. The molecular weight excluding hydrogens is 418 g/mol. The minimum atomic E-state index is -0.513. The molecule has 5 nitrogen and oxygen atoms in total. The van der Waals surface area contributed by atoms with Gasteiger partial charge in [0.2, 0.25) is 0 Å². The van der Waals surface area contributed by atoms with Crippen LogP contribution < -0.4 is 0 Å². The van der Waals surface area contributed by atoms with E-state index < -0.39 is 4.92 Å². The smallest absolute Gasteiger partial charge is 0.290 e. The molecule has 3 aromatic rings. The Morgan fingerprint density at radius 2 is 1.85 bits per heavy atom. The summed E-state index contributed by atoms with van der Waals surface area (Å²) in [6, 6.07) is 14.6. The zero-order valence-electron chi connectivity index (χ0n) is 14.1. The zero-order chi connectivity index (χ0) is 18.8. The number of halogens is 2. The number of aryl methyl sites for hydroxylation is 1. The summed E-state index contributed by atoms with van der Waals surface area (Å²) in [5.74, 6) is 0. The van der Waals surface area contributed by atoms with Gasteiger partial charge in [0, 0.05) is 39.4 Å². The number of nitrogens with zero attached hydrogens (tertiary/aromatic N) is 3. The molecule has 2 aromatic carbocycles. The van der Waals surface area contributed by atoms with E-state index in [1.165, 1.54) is 12.1 Å². The Hall–Kier alpha value is -2.44. The van der Waals surface area contributed by atoms with Gasteiger partial charge in [-0.25, -0.2) is 0 Å². The Bertz CT molecular complexity index is 1010. The maximum atomic E-state index is 11.0. The summed E-state index contributed by atoms with van der Waals surface area (Å²) in [7, 11) is 0. The van der Waals surface area contributed by atoms with Gasteiger partial charge in [-0.15, -0.1) is 0 Å². The molecule has 0 atom stereocenters. The van der Waals surface area contributed by atoms with Crippen molar-refractivity contribution in [2.75, 3.05) is 0 Å². The van der Waals surface area contributed by atoms with Crippen molar-refractivity contribution >= 4 is 45.1 Å². The lowest BCUT2D eigenvalue weighted by Crippen LogP contribution is -1.99. The second-order valence-electron chi connectivity index (χ2n) is 5.79. The number of aromatic nitrogens is 1. The highest BCUT2D eigenvalue weighted by Gasteiger charge is 2.13. The van der Waals surface area contributed by atoms with Crippen molar-refractivity contribution in [3.63, 3.8) is 0 Å². The summed E-state index contributed by atoms with van der Waals surface area (Å²) >= 11 is 9.28. The molecule has 0 bridgehead atoms. The quantitative estimate of drug-likeness (QED) is 0.281. The van der Waals surface area contributed by atoms with Gasteiger partial charge >= 0.3 is 0 Å². The first-order valence-electron chi connectivity index (χ1n) is 7.79. The average molecular weight is 433 g/mol. The van der Waals surface area contributed by atoms with Crippen LogP contribution in [0.3, 0.4) is 0 Å². The van der Waals surface area contributed by atoms with E-state index in [0.29, 0.717) is 5.69 Å². The molecule has 0 aliphatic rings. The summed E-state index contributed by atoms with van der Waals surface area (Å²) in [6.45, 7) is 4.04. The molecule has 0 N–H and O–H groups in total. The summed E-state index contributed by atoms with van der Waals surface area (Å²) in [6.07, 6.45) is 1.71. The lowest BCUT2D eigenvalue weighted by Gasteiger charge is -2.09. The first-order chi connectivity index (χ1) is 12.4. The van der Waals surface area contributed by atoms with Crippen molar-refractivity contribution in [3.05, 3.63) is 85.1 Å². The van der Waals surface area contributed by atoms with Crippen LogP contribution in [0.1, 0.15) is 17.0 Å². The monoisotopic (exact) mass is 431 g/mol. The Labute approximate surface area is 164 Å². The number of hydrogen-bond donors (Lipinski definition) is 0. The average Bonchev–Trinajstić information content (AvgIpc) is 2.89. The third kappa shape index (κ3) is 3.71. The van der Waals surface area contributed by atoms with E-state index in [1.807, 2.05) is 44.2 Å². The Kier molecular flexibility index (Phi) is 5.25. The van der Waals surface area contributed by atoms with Crippen LogP contribution in [-0.2, 0) is 0 Å². The third-order valence-electron chi connectivity index (χ3n) is 4.03. The number of benzene rings is 2. The van der Waals surface area contributed by atoms with E-state index in [-0.39, 0.29) is 10.7 Å². The highest BCUT2D eigenvalue weighted by molar-refractivity contribution is 9.10. The normalized spacial score (nSPS) is 11.2. The van der Waals surface area contributed by atoms with E-state index in [2.05, 4.69) is 25.5 Å². The fourth-order valence-corrected chi connectivity index (χ4v) is 3.22. The van der Waals surface area contributed by atoms with Crippen LogP contribution >= 0.6 is 27.5 Å². The fraction of sp³-hybridized carbons (Fsp3) is 0.105. The maximum Gasteiger partial charge on any atom is 0.290 e. The SMILES string of the molecule is Cc1cc(C=Nc2ccc(Cl)c([N+](=O)[O-])c2)c(C)n1-c1ccc(Br)cc1. The van der Waals surface area contributed by atoms with Gasteiger partial charge in [0.25, 0.3) is 5.69 Å². The van der Waals surface area contributed by atoms with Gasteiger partial charge in [-0.2, -0.15) is 0 Å². The molecule has 0 spiro atoms. The van der Waals surface area contributed by atoms with Gasteiger partial charge in [0.05, 0.1) is 10.6 Å². The van der Waals surface area contributed by atoms with Gasteiger partial charge in [-0.1, -0.05) is 27.5 Å². The minimum Gasteiger partial charge on any atom is -0.318 e. The van der Waals surface area contributed by atoms with Crippen molar-refractivity contribution in [2.24, 2.45) is 4.99 Å². The van der Waals surface area contributed by atoms with Crippen LogP contribution in [0.25, 0.3) is 5.69 Å². The molecule has 26 heavy (non-hydrogen) atoms. The first kappa shape index (κ1) is 18.4. The van der Waals surface area contributed by atoms with Crippen LogP contribution in [0.4, 0.5) is 11.4 Å². The van der Waals surface area contributed by atoms with Crippen molar-refractivity contribution in [1.29, 1.82) is 0 Å². The van der Waals surface area contributed by atoms with E-state index in [9.17, 15) is 10.1 Å². The van der Waals surface area contributed by atoms with E-state index in [1.54, 1.807) is 12.3 Å². The number of rotatable bonds is 4. The molecule has 0 aliphatic heterocycles. The zero-order valence-corrected chi connectivity index (χ0v) is 16.5. The molecule has 1 heterocycles. The Morgan fingerprint density at radius 3 is 2.50 bits per heavy atom. The summed E-state index contributed by atoms with van der Waals surface area (Å²) < 4.78 is 3.16. The predicted octanol–water partition coefficient (Wildman–Crippen LogP) is 6.17. The molecule has 0 radical (unpaired) electrons. The lowest BCUT2D eigenvalue weighted by molar-refractivity contribution is -0.384. The third-order valence-corrected chi connectivity index (χ3v) is 4.88. The largest absolute Gasteiger partial charge is 0.318 e. The molecule has 3 rings (SSSR count). The van der Waals surface area contributed by atoms with E-state index in [4.69, 9.17) is 11.6 Å². The second kappa shape index (κ2) is 7.43. The van der Waals surface area contributed by atoms with Crippen molar-refractivity contribution < 1.29 is 4.92 Å². The maximum absolute atomic E-state index is 11.0. The van der Waals surface area contributed by atoms with Crippen molar-refractivity contribution in [1.82, 2.24) is 4.57 Å². The van der Waals surface area contributed by atoms with Crippen LogP contribution in [0.15, 0.2) is 58.0 Å². The topological polar surface area (TPSA) is 60.4 Å². The predicted molar refractivity (Wildman–Crippen MR) is 108 cm³/mol.